The molecule has 0 saturated heterocycles. The van der Waals surface area contributed by atoms with Crippen LogP contribution in [0, 0.1) is 0 Å². The van der Waals surface area contributed by atoms with E-state index in [0.29, 0.717) is 51.0 Å². The van der Waals surface area contributed by atoms with E-state index < -0.39 is 12.3 Å². The molecule has 0 aliphatic rings. The summed E-state index contributed by atoms with van der Waals surface area (Å²) in [4.78, 5) is 25.5. The number of rotatable bonds is 5. The highest BCUT2D eigenvalue weighted by Crippen LogP contribution is 2.44. The highest BCUT2D eigenvalue weighted by atomic mass is 16.7. The zero-order valence-electron chi connectivity index (χ0n) is 19.5. The molecule has 5 aromatic rings. The first-order chi connectivity index (χ1) is 17.6. The summed E-state index contributed by atoms with van der Waals surface area (Å²) in [5.41, 5.74) is 0.919. The Labute approximate surface area is 207 Å². The maximum Gasteiger partial charge on any atom is 0.519 e. The third-order valence-electron chi connectivity index (χ3n) is 5.68. The Morgan fingerprint density at radius 3 is 1.56 bits per heavy atom. The Hall–Kier alpha value is -4.84. The number of aryl methyl sites for hydroxylation is 1. The molecule has 5 aromatic carbocycles. The van der Waals surface area contributed by atoms with Gasteiger partial charge in [0.25, 0.3) is 0 Å². The van der Waals surface area contributed by atoms with Gasteiger partial charge in [-0.1, -0.05) is 85.8 Å². The van der Waals surface area contributed by atoms with E-state index in [-0.39, 0.29) is 0 Å². The molecule has 0 atom stereocenters. The van der Waals surface area contributed by atoms with Crippen LogP contribution >= 0.6 is 0 Å². The van der Waals surface area contributed by atoms with E-state index in [1.165, 1.54) is 0 Å². The van der Waals surface area contributed by atoms with Gasteiger partial charge in [0.15, 0.2) is 5.75 Å². The summed E-state index contributed by atoms with van der Waals surface area (Å²) < 4.78 is 22.3. The Kier molecular flexibility index (Phi) is 6.49. The lowest BCUT2D eigenvalue weighted by Crippen LogP contribution is -2.16. The Morgan fingerprint density at radius 1 is 0.528 bits per heavy atom. The summed E-state index contributed by atoms with van der Waals surface area (Å²) in [7, 11) is 0. The molecule has 0 aromatic heterocycles. The van der Waals surface area contributed by atoms with Crippen molar-refractivity contribution in [2.24, 2.45) is 0 Å². The van der Waals surface area contributed by atoms with Gasteiger partial charge in [-0.05, 0) is 36.2 Å². The third kappa shape index (κ3) is 4.70. The summed E-state index contributed by atoms with van der Waals surface area (Å²) in [5, 5.41) is 2.45. The lowest BCUT2D eigenvalue weighted by atomic mass is 9.96. The molecule has 0 saturated carbocycles. The molecule has 5 rings (SSSR count). The summed E-state index contributed by atoms with van der Waals surface area (Å²) in [6.45, 7) is 2.00. The van der Waals surface area contributed by atoms with Gasteiger partial charge in [-0.15, -0.1) is 0 Å². The zero-order valence-corrected chi connectivity index (χ0v) is 19.5. The van der Waals surface area contributed by atoms with Gasteiger partial charge in [0.05, 0.1) is 0 Å². The van der Waals surface area contributed by atoms with Gasteiger partial charge < -0.3 is 18.9 Å². The van der Waals surface area contributed by atoms with E-state index >= 15 is 0 Å². The summed E-state index contributed by atoms with van der Waals surface area (Å²) in [6.07, 6.45) is -1.07. The van der Waals surface area contributed by atoms with Crippen LogP contribution in [0.3, 0.4) is 0 Å². The van der Waals surface area contributed by atoms with Crippen LogP contribution in [0.1, 0.15) is 12.5 Å². The van der Waals surface area contributed by atoms with E-state index in [1.54, 1.807) is 54.6 Å². The van der Waals surface area contributed by atoms with Crippen LogP contribution < -0.4 is 18.9 Å². The SMILES string of the molecule is CCc1cccc2c(OC(=O)Oc3ccccc3)c3ccccc3c(OC(=O)Oc3ccccc3)c12. The van der Waals surface area contributed by atoms with Gasteiger partial charge in [-0.25, -0.2) is 9.59 Å². The number of hydrogen-bond acceptors (Lipinski definition) is 6. The molecular formula is C30H22O6. The molecule has 6 nitrogen and oxygen atoms in total. The van der Waals surface area contributed by atoms with Gasteiger partial charge in [0.1, 0.15) is 17.2 Å². The lowest BCUT2D eigenvalue weighted by molar-refractivity contribution is 0.151. The standard InChI is InChI=1S/C30H22O6/c1-2-20-12-11-19-25-26(20)28(36-30(32)34-22-15-7-4-8-16-22)24-18-10-9-17-23(24)27(25)35-29(31)33-21-13-5-3-6-14-21/h3-19H,2H2,1H3. The molecule has 0 N–H and O–H groups in total. The van der Waals surface area contributed by atoms with Crippen molar-refractivity contribution in [1.29, 1.82) is 0 Å². The van der Waals surface area contributed by atoms with E-state index in [1.807, 2.05) is 55.5 Å². The monoisotopic (exact) mass is 478 g/mol. The number of fused-ring (bicyclic) bond motifs is 2. The molecule has 0 spiro atoms. The molecule has 178 valence electrons. The molecule has 6 heteroatoms. The van der Waals surface area contributed by atoms with Crippen molar-refractivity contribution in [3.8, 4) is 23.0 Å². The molecular weight excluding hydrogens is 456 g/mol. The molecule has 36 heavy (non-hydrogen) atoms. The van der Waals surface area contributed by atoms with E-state index in [0.717, 1.165) is 5.56 Å². The van der Waals surface area contributed by atoms with E-state index in [2.05, 4.69) is 0 Å². The van der Waals surface area contributed by atoms with Crippen molar-refractivity contribution in [3.05, 3.63) is 109 Å². The predicted octanol–water partition coefficient (Wildman–Crippen LogP) is 7.71. The Bertz CT molecular complexity index is 1540. The average Bonchev–Trinajstić information content (AvgIpc) is 2.91. The molecule has 0 heterocycles. The van der Waals surface area contributed by atoms with Gasteiger partial charge in [0, 0.05) is 21.5 Å². The molecule has 0 aliphatic carbocycles. The van der Waals surface area contributed by atoms with Crippen LogP contribution in [-0.2, 0) is 6.42 Å². The van der Waals surface area contributed by atoms with E-state index in [9.17, 15) is 9.59 Å². The van der Waals surface area contributed by atoms with Crippen molar-refractivity contribution in [3.63, 3.8) is 0 Å². The average molecular weight is 479 g/mol. The fourth-order valence-electron chi connectivity index (χ4n) is 4.10. The quantitative estimate of drug-likeness (QED) is 0.146. The third-order valence-corrected chi connectivity index (χ3v) is 5.68. The number of para-hydroxylation sites is 2. The number of hydrogen-bond donors (Lipinski definition) is 0. The highest BCUT2D eigenvalue weighted by Gasteiger charge is 2.23. The molecule has 0 radical (unpaired) electrons. The van der Waals surface area contributed by atoms with Crippen LogP contribution in [-0.4, -0.2) is 12.3 Å². The van der Waals surface area contributed by atoms with E-state index in [4.69, 9.17) is 18.9 Å². The van der Waals surface area contributed by atoms with Gasteiger partial charge >= 0.3 is 12.3 Å². The first-order valence-corrected chi connectivity index (χ1v) is 11.5. The van der Waals surface area contributed by atoms with Crippen LogP contribution in [0.4, 0.5) is 9.59 Å². The fraction of sp³-hybridized carbons (Fsp3) is 0.0667. The maximum atomic E-state index is 12.8. The Balaban J connectivity index is 1.61. The number of carbonyl (C=O) groups excluding carboxylic acids is 2. The second-order valence-corrected chi connectivity index (χ2v) is 7.93. The van der Waals surface area contributed by atoms with Gasteiger partial charge in [-0.2, -0.15) is 0 Å². The Morgan fingerprint density at radius 2 is 1.00 bits per heavy atom. The maximum absolute atomic E-state index is 12.8. The first-order valence-electron chi connectivity index (χ1n) is 11.5. The zero-order chi connectivity index (χ0) is 24.9. The minimum absolute atomic E-state index is 0.320. The number of benzene rings is 5. The molecule has 0 unspecified atom stereocenters. The summed E-state index contributed by atoms with van der Waals surface area (Å²) in [6, 6.07) is 30.3. The number of ether oxygens (including phenoxy) is 4. The predicted molar refractivity (Wildman–Crippen MR) is 137 cm³/mol. The minimum Gasteiger partial charge on any atom is -0.395 e. The first kappa shape index (κ1) is 22.9. The highest BCUT2D eigenvalue weighted by molar-refractivity contribution is 6.13. The molecule has 0 bridgehead atoms. The minimum atomic E-state index is -0.869. The normalized spacial score (nSPS) is 10.7. The van der Waals surface area contributed by atoms with Crippen molar-refractivity contribution in [2.45, 2.75) is 13.3 Å². The number of carbonyl (C=O) groups is 2. The van der Waals surface area contributed by atoms with Crippen molar-refractivity contribution < 1.29 is 28.5 Å². The summed E-state index contributed by atoms with van der Waals surface area (Å²) in [5.74, 6) is 1.40. The van der Waals surface area contributed by atoms with Gasteiger partial charge in [-0.3, -0.25) is 0 Å². The summed E-state index contributed by atoms with van der Waals surface area (Å²) >= 11 is 0. The smallest absolute Gasteiger partial charge is 0.395 e. The second-order valence-electron chi connectivity index (χ2n) is 7.93. The van der Waals surface area contributed by atoms with Crippen molar-refractivity contribution in [1.82, 2.24) is 0 Å². The molecule has 0 amide bonds. The van der Waals surface area contributed by atoms with Gasteiger partial charge in [0.2, 0.25) is 0 Å². The van der Waals surface area contributed by atoms with Crippen molar-refractivity contribution in [2.75, 3.05) is 0 Å². The van der Waals surface area contributed by atoms with Crippen molar-refractivity contribution >= 4 is 33.9 Å². The fourth-order valence-corrected chi connectivity index (χ4v) is 4.10. The van der Waals surface area contributed by atoms with Crippen LogP contribution in [0.25, 0.3) is 21.5 Å². The van der Waals surface area contributed by atoms with Crippen LogP contribution in [0.15, 0.2) is 103 Å². The lowest BCUT2D eigenvalue weighted by Gasteiger charge is -2.18. The van der Waals surface area contributed by atoms with Crippen LogP contribution in [0.2, 0.25) is 0 Å². The molecule has 0 aliphatic heterocycles. The topological polar surface area (TPSA) is 71.1 Å². The molecule has 0 fully saturated rings. The second kappa shape index (κ2) is 10.2. The van der Waals surface area contributed by atoms with Crippen LogP contribution in [0.5, 0.6) is 23.0 Å². The largest absolute Gasteiger partial charge is 0.519 e.